The Balaban J connectivity index is 1.20. The van der Waals surface area contributed by atoms with Gasteiger partial charge in [0.25, 0.3) is 0 Å². The molecule has 3 amide bonds. The van der Waals surface area contributed by atoms with Crippen molar-refractivity contribution < 1.29 is 29.0 Å². The first kappa shape index (κ1) is 34.2. The molecule has 0 bridgehead atoms. The van der Waals surface area contributed by atoms with Crippen LogP contribution in [0.2, 0.25) is 0 Å². The number of para-hydroxylation sites is 1. The Morgan fingerprint density at radius 1 is 0.816 bits per heavy atom. The van der Waals surface area contributed by atoms with Crippen molar-refractivity contribution in [1.29, 1.82) is 0 Å². The quantitative estimate of drug-likeness (QED) is 0.224. The minimum atomic E-state index is -0.976. The number of carboxylic acid groups (broad SMARTS) is 1. The van der Waals surface area contributed by atoms with Crippen LogP contribution in [0, 0.1) is 5.92 Å². The second-order valence-corrected chi connectivity index (χ2v) is 13.7. The molecule has 0 saturated heterocycles. The van der Waals surface area contributed by atoms with E-state index in [1.165, 1.54) is 37.0 Å². The number of aliphatic carboxylic acids is 1. The van der Waals surface area contributed by atoms with Crippen LogP contribution in [0.3, 0.4) is 0 Å². The minimum Gasteiger partial charge on any atom is -0.481 e. The Morgan fingerprint density at radius 2 is 1.51 bits per heavy atom. The van der Waals surface area contributed by atoms with Crippen molar-refractivity contribution in [3.63, 3.8) is 0 Å². The summed E-state index contributed by atoms with van der Waals surface area (Å²) in [5.74, 6) is -0.925. The maximum Gasteiger partial charge on any atom is 0.415 e. The molecule has 3 aromatic carbocycles. The molecular weight excluding hydrogens is 618 g/mol. The first-order valence-electron chi connectivity index (χ1n) is 17.8. The van der Waals surface area contributed by atoms with Gasteiger partial charge in [0.05, 0.1) is 25.3 Å². The van der Waals surface area contributed by atoms with Crippen molar-refractivity contribution in [3.8, 4) is 0 Å². The number of amides is 3. The topological polar surface area (TPSA) is 107 Å². The molecular formula is C40H47N3O6. The third-order valence-electron chi connectivity index (χ3n) is 10.4. The highest BCUT2D eigenvalue weighted by Crippen LogP contribution is 2.34. The van der Waals surface area contributed by atoms with Crippen LogP contribution in [0.4, 0.5) is 10.5 Å². The Hall–Kier alpha value is -4.66. The number of fused-ring (bicyclic) bond motifs is 2. The van der Waals surface area contributed by atoms with E-state index in [0.717, 1.165) is 35.1 Å². The molecule has 9 heteroatoms. The molecule has 1 unspecified atom stereocenters. The number of nitrogens with zero attached hydrogens (tertiary/aromatic N) is 3. The fourth-order valence-electron chi connectivity index (χ4n) is 7.79. The smallest absolute Gasteiger partial charge is 0.415 e. The average Bonchev–Trinajstić information content (AvgIpc) is 3.51. The molecule has 258 valence electrons. The van der Waals surface area contributed by atoms with E-state index in [0.29, 0.717) is 37.5 Å². The zero-order chi connectivity index (χ0) is 34.2. The second kappa shape index (κ2) is 16.2. The van der Waals surface area contributed by atoms with Gasteiger partial charge in [0, 0.05) is 25.6 Å². The molecule has 0 aromatic heterocycles. The second-order valence-electron chi connectivity index (χ2n) is 13.7. The summed E-state index contributed by atoms with van der Waals surface area (Å²) in [7, 11) is 0. The van der Waals surface area contributed by atoms with Crippen LogP contribution in [0.15, 0.2) is 78.9 Å². The lowest BCUT2D eigenvalue weighted by Crippen LogP contribution is -2.54. The molecule has 2 aliphatic heterocycles. The molecule has 0 spiro atoms. The van der Waals surface area contributed by atoms with E-state index in [9.17, 15) is 24.3 Å². The van der Waals surface area contributed by atoms with Crippen molar-refractivity contribution in [3.05, 3.63) is 101 Å². The monoisotopic (exact) mass is 665 g/mol. The Bertz CT molecular complexity index is 1620. The van der Waals surface area contributed by atoms with Crippen LogP contribution in [0.25, 0.3) is 0 Å². The van der Waals surface area contributed by atoms with Crippen LogP contribution >= 0.6 is 0 Å². The first-order valence-corrected chi connectivity index (χ1v) is 17.8. The number of benzene rings is 3. The summed E-state index contributed by atoms with van der Waals surface area (Å²) in [6, 6.07) is 23.7. The van der Waals surface area contributed by atoms with Gasteiger partial charge in [0.15, 0.2) is 0 Å². The number of rotatable bonds is 12. The third-order valence-corrected chi connectivity index (χ3v) is 10.4. The van der Waals surface area contributed by atoms with Gasteiger partial charge in [-0.2, -0.15) is 0 Å². The molecule has 9 nitrogen and oxygen atoms in total. The van der Waals surface area contributed by atoms with Gasteiger partial charge >= 0.3 is 12.1 Å². The lowest BCUT2D eigenvalue weighted by molar-refractivity contribution is -0.145. The molecule has 2 heterocycles. The normalized spacial score (nSPS) is 18.8. The Kier molecular flexibility index (Phi) is 11.3. The van der Waals surface area contributed by atoms with Gasteiger partial charge in [-0.3, -0.25) is 19.3 Å². The van der Waals surface area contributed by atoms with Gasteiger partial charge in [-0.1, -0.05) is 105 Å². The van der Waals surface area contributed by atoms with Crippen molar-refractivity contribution in [2.75, 3.05) is 24.6 Å². The summed E-state index contributed by atoms with van der Waals surface area (Å²) in [6.07, 6.45) is 8.69. The predicted octanol–water partition coefficient (Wildman–Crippen LogP) is 6.41. The van der Waals surface area contributed by atoms with Crippen LogP contribution < -0.4 is 4.90 Å². The molecule has 2 atom stereocenters. The van der Waals surface area contributed by atoms with Crippen LogP contribution in [-0.4, -0.2) is 70.6 Å². The number of carboxylic acids is 1. The third kappa shape index (κ3) is 8.50. The van der Waals surface area contributed by atoms with Gasteiger partial charge in [0.2, 0.25) is 11.8 Å². The molecule has 3 aliphatic rings. The standard InChI is InChI=1S/C40H47N3O6/c44-37(42-27-33-19-8-7-17-31(33)24-34(42)26-38(45)46)28-41(22-21-30-14-5-2-6-15-30)39(47)36-25-32-18-9-10-20-35(32)43(36)40(48)49-23-11-16-29-12-3-1-4-13-29/h2,5-10,14-15,17-20,29,34,36H,1,3-4,11-13,16,21-28H2,(H,45,46)/t34?,36-/m1/s1. The average molecular weight is 666 g/mol. The SMILES string of the molecule is O=C(O)CC1Cc2ccccc2CN1C(=O)CN(CCc1ccccc1)C(=O)[C@H]1Cc2ccccc2N1C(=O)OCCCC1CCCCC1. The number of ether oxygens (including phenoxy) is 1. The van der Waals surface area contributed by atoms with Crippen molar-refractivity contribution in [1.82, 2.24) is 9.80 Å². The number of hydrogen-bond donors (Lipinski definition) is 1. The molecule has 1 N–H and O–H groups in total. The van der Waals surface area contributed by atoms with Gasteiger partial charge in [-0.05, 0) is 59.9 Å². The zero-order valence-corrected chi connectivity index (χ0v) is 28.2. The molecule has 0 radical (unpaired) electrons. The fourth-order valence-corrected chi connectivity index (χ4v) is 7.79. The van der Waals surface area contributed by atoms with Crippen LogP contribution in [-0.2, 0) is 44.9 Å². The van der Waals surface area contributed by atoms with E-state index >= 15 is 0 Å². The van der Waals surface area contributed by atoms with E-state index in [1.54, 1.807) is 9.80 Å². The number of anilines is 1. The van der Waals surface area contributed by atoms with Gasteiger partial charge in [0.1, 0.15) is 6.04 Å². The van der Waals surface area contributed by atoms with Gasteiger partial charge in [-0.25, -0.2) is 4.79 Å². The van der Waals surface area contributed by atoms with Crippen LogP contribution in [0.5, 0.6) is 0 Å². The molecule has 3 aromatic rings. The van der Waals surface area contributed by atoms with Gasteiger partial charge < -0.3 is 19.6 Å². The summed E-state index contributed by atoms with van der Waals surface area (Å²) in [5, 5.41) is 9.70. The Labute approximate surface area is 288 Å². The van der Waals surface area contributed by atoms with E-state index in [2.05, 4.69) is 0 Å². The first-order chi connectivity index (χ1) is 23.9. The van der Waals surface area contributed by atoms with Crippen molar-refractivity contribution in [2.24, 2.45) is 5.92 Å². The zero-order valence-electron chi connectivity index (χ0n) is 28.2. The largest absolute Gasteiger partial charge is 0.481 e. The fraction of sp³-hybridized carbons (Fsp3) is 0.450. The summed E-state index contributed by atoms with van der Waals surface area (Å²) in [6.45, 7) is 0.620. The number of hydrogen-bond acceptors (Lipinski definition) is 5. The summed E-state index contributed by atoms with van der Waals surface area (Å²) < 4.78 is 5.81. The maximum absolute atomic E-state index is 14.6. The highest BCUT2D eigenvalue weighted by molar-refractivity contribution is 6.01. The minimum absolute atomic E-state index is 0.184. The molecule has 1 aliphatic carbocycles. The number of carbonyl (C=O) groups excluding carboxylic acids is 3. The van der Waals surface area contributed by atoms with Crippen molar-refractivity contribution >= 4 is 29.6 Å². The molecule has 6 rings (SSSR count). The highest BCUT2D eigenvalue weighted by atomic mass is 16.6. The van der Waals surface area contributed by atoms with Crippen LogP contribution in [0.1, 0.15) is 73.6 Å². The lowest BCUT2D eigenvalue weighted by Gasteiger charge is -2.38. The van der Waals surface area contributed by atoms with E-state index in [-0.39, 0.29) is 37.9 Å². The predicted molar refractivity (Wildman–Crippen MR) is 187 cm³/mol. The summed E-state index contributed by atoms with van der Waals surface area (Å²) in [4.78, 5) is 58.9. The highest BCUT2D eigenvalue weighted by Gasteiger charge is 2.42. The lowest BCUT2D eigenvalue weighted by atomic mass is 9.86. The molecule has 1 saturated carbocycles. The summed E-state index contributed by atoms with van der Waals surface area (Å²) in [5.41, 5.74) is 4.56. The Morgan fingerprint density at radius 3 is 2.27 bits per heavy atom. The summed E-state index contributed by atoms with van der Waals surface area (Å²) >= 11 is 0. The maximum atomic E-state index is 14.6. The number of carbonyl (C=O) groups is 4. The molecule has 1 fully saturated rings. The van der Waals surface area contributed by atoms with E-state index in [1.807, 2.05) is 78.9 Å². The van der Waals surface area contributed by atoms with E-state index < -0.39 is 24.1 Å². The van der Waals surface area contributed by atoms with E-state index in [4.69, 9.17) is 4.74 Å². The van der Waals surface area contributed by atoms with Gasteiger partial charge in [-0.15, -0.1) is 0 Å². The molecule has 49 heavy (non-hydrogen) atoms. The van der Waals surface area contributed by atoms with Crippen molar-refractivity contribution in [2.45, 2.75) is 89.3 Å².